The lowest BCUT2D eigenvalue weighted by molar-refractivity contribution is 0.0881. The molecule has 0 bridgehead atoms. The van der Waals surface area contributed by atoms with E-state index in [0.717, 1.165) is 31.4 Å². The van der Waals surface area contributed by atoms with Crippen molar-refractivity contribution in [1.82, 2.24) is 19.1 Å². The van der Waals surface area contributed by atoms with Crippen LogP contribution in [-0.4, -0.2) is 86.9 Å². The number of sulfonamides is 1. The predicted molar refractivity (Wildman–Crippen MR) is 113 cm³/mol. The van der Waals surface area contributed by atoms with Crippen molar-refractivity contribution in [3.63, 3.8) is 0 Å². The van der Waals surface area contributed by atoms with Gasteiger partial charge in [-0.1, -0.05) is 19.8 Å². The van der Waals surface area contributed by atoms with Crippen molar-refractivity contribution in [3.05, 3.63) is 18.3 Å². The van der Waals surface area contributed by atoms with Crippen LogP contribution in [0.2, 0.25) is 0 Å². The van der Waals surface area contributed by atoms with E-state index in [4.69, 9.17) is 0 Å². The molecule has 158 valence electrons. The normalized spacial score (nSPS) is 27.8. The van der Waals surface area contributed by atoms with Crippen LogP contribution in [0.25, 0.3) is 0 Å². The molecule has 2 aliphatic rings. The Hall–Kier alpha value is -1.22. The average molecular weight is 410 g/mol. The van der Waals surface area contributed by atoms with E-state index in [1.165, 1.54) is 31.9 Å². The number of hydrogen-bond donors (Lipinski definition) is 1. The highest BCUT2D eigenvalue weighted by molar-refractivity contribution is 7.89. The van der Waals surface area contributed by atoms with Crippen LogP contribution in [0.5, 0.6) is 0 Å². The SMILES string of the molecule is CC1CCCC(CNc2ccc(S(=O)(=O)N3CCN(C)CC3)cn2)(N(C)C)C1. The minimum Gasteiger partial charge on any atom is -0.368 e. The second-order valence-electron chi connectivity index (χ2n) is 8.76. The summed E-state index contributed by atoms with van der Waals surface area (Å²) in [6.45, 7) is 5.73. The Kier molecular flexibility index (Phi) is 6.64. The van der Waals surface area contributed by atoms with Gasteiger partial charge < -0.3 is 15.1 Å². The van der Waals surface area contributed by atoms with Gasteiger partial charge in [0.25, 0.3) is 0 Å². The van der Waals surface area contributed by atoms with E-state index >= 15 is 0 Å². The summed E-state index contributed by atoms with van der Waals surface area (Å²) in [5.74, 6) is 1.46. The molecule has 7 nitrogen and oxygen atoms in total. The van der Waals surface area contributed by atoms with E-state index in [9.17, 15) is 8.42 Å². The van der Waals surface area contributed by atoms with Gasteiger partial charge in [0, 0.05) is 44.5 Å². The van der Waals surface area contributed by atoms with Gasteiger partial charge in [0.1, 0.15) is 10.7 Å². The fraction of sp³-hybridized carbons (Fsp3) is 0.750. The number of rotatable bonds is 6. The molecule has 1 aromatic rings. The minimum absolute atomic E-state index is 0.129. The summed E-state index contributed by atoms with van der Waals surface area (Å²) in [6.07, 6.45) is 6.38. The van der Waals surface area contributed by atoms with Crippen molar-refractivity contribution in [1.29, 1.82) is 0 Å². The van der Waals surface area contributed by atoms with E-state index in [1.54, 1.807) is 16.4 Å². The smallest absolute Gasteiger partial charge is 0.244 e. The Balaban J connectivity index is 1.65. The van der Waals surface area contributed by atoms with Crippen LogP contribution in [-0.2, 0) is 10.0 Å². The summed E-state index contributed by atoms with van der Waals surface area (Å²) in [4.78, 5) is 9.16. The molecule has 28 heavy (non-hydrogen) atoms. The molecule has 8 heteroatoms. The maximum absolute atomic E-state index is 12.8. The van der Waals surface area contributed by atoms with Crippen molar-refractivity contribution in [3.8, 4) is 0 Å². The van der Waals surface area contributed by atoms with Gasteiger partial charge in [-0.15, -0.1) is 0 Å². The standard InChI is InChI=1S/C20H35N5O2S/c1-17-6-5-9-20(14-17,23(2)3)16-22-19-8-7-18(15-21-19)28(26,27)25-12-10-24(4)11-13-25/h7-8,15,17H,5-6,9-14,16H2,1-4H3,(H,21,22). The monoisotopic (exact) mass is 409 g/mol. The van der Waals surface area contributed by atoms with Gasteiger partial charge in [-0.25, -0.2) is 13.4 Å². The second kappa shape index (κ2) is 8.65. The largest absolute Gasteiger partial charge is 0.368 e. The molecule has 1 saturated carbocycles. The summed E-state index contributed by atoms with van der Waals surface area (Å²) < 4.78 is 27.2. The zero-order valence-electron chi connectivity index (χ0n) is 17.7. The van der Waals surface area contributed by atoms with Gasteiger partial charge in [0.2, 0.25) is 10.0 Å². The molecule has 0 aromatic carbocycles. The second-order valence-corrected chi connectivity index (χ2v) is 10.7. The first-order valence-corrected chi connectivity index (χ1v) is 11.7. The Labute approximate surface area is 170 Å². The number of nitrogens with one attached hydrogen (secondary N) is 1. The van der Waals surface area contributed by atoms with E-state index in [-0.39, 0.29) is 10.4 Å². The fourth-order valence-electron chi connectivity index (χ4n) is 4.43. The van der Waals surface area contributed by atoms with E-state index in [2.05, 4.69) is 41.1 Å². The maximum Gasteiger partial charge on any atom is 0.244 e. The Bertz CT molecular complexity index is 744. The number of aromatic nitrogens is 1. The molecule has 1 aromatic heterocycles. The lowest BCUT2D eigenvalue weighted by atomic mass is 9.75. The number of likely N-dealkylation sites (N-methyl/N-ethyl adjacent to an activating group) is 2. The number of nitrogens with zero attached hydrogens (tertiary/aromatic N) is 4. The van der Waals surface area contributed by atoms with Gasteiger partial charge in [-0.2, -0.15) is 4.31 Å². The number of piperazine rings is 1. The number of hydrogen-bond acceptors (Lipinski definition) is 6. The highest BCUT2D eigenvalue weighted by atomic mass is 32.2. The van der Waals surface area contributed by atoms with Gasteiger partial charge >= 0.3 is 0 Å². The Morgan fingerprint density at radius 2 is 1.96 bits per heavy atom. The maximum atomic E-state index is 12.8. The summed E-state index contributed by atoms with van der Waals surface area (Å²) in [5.41, 5.74) is 0.129. The molecule has 0 amide bonds. The summed E-state index contributed by atoms with van der Waals surface area (Å²) in [6, 6.07) is 3.47. The van der Waals surface area contributed by atoms with Crippen LogP contribution in [0.1, 0.15) is 32.6 Å². The van der Waals surface area contributed by atoms with Crippen molar-refractivity contribution in [2.24, 2.45) is 5.92 Å². The average Bonchev–Trinajstić information content (AvgIpc) is 2.67. The summed E-state index contributed by atoms with van der Waals surface area (Å²) in [5, 5.41) is 3.45. The lowest BCUT2D eigenvalue weighted by Gasteiger charge is -2.45. The number of anilines is 1. The first kappa shape index (κ1) is 21.5. The van der Waals surface area contributed by atoms with E-state index < -0.39 is 10.0 Å². The fourth-order valence-corrected chi connectivity index (χ4v) is 5.80. The van der Waals surface area contributed by atoms with E-state index in [0.29, 0.717) is 13.1 Å². The van der Waals surface area contributed by atoms with Gasteiger partial charge in [0.05, 0.1) is 0 Å². The summed E-state index contributed by atoms with van der Waals surface area (Å²) in [7, 11) is 2.85. The molecule has 1 N–H and O–H groups in total. The van der Waals surface area contributed by atoms with Crippen molar-refractivity contribution < 1.29 is 8.42 Å². The van der Waals surface area contributed by atoms with Crippen LogP contribution in [0.3, 0.4) is 0 Å². The molecule has 2 atom stereocenters. The lowest BCUT2D eigenvalue weighted by Crippen LogP contribution is -2.52. The Morgan fingerprint density at radius 1 is 1.25 bits per heavy atom. The first-order valence-electron chi connectivity index (χ1n) is 10.3. The first-order chi connectivity index (χ1) is 13.2. The van der Waals surface area contributed by atoms with Crippen molar-refractivity contribution >= 4 is 15.8 Å². The molecule has 0 spiro atoms. The Morgan fingerprint density at radius 3 is 2.54 bits per heavy atom. The van der Waals surface area contributed by atoms with E-state index in [1.807, 2.05) is 7.05 Å². The van der Waals surface area contributed by atoms with Gasteiger partial charge in [-0.05, 0) is 52.0 Å². The molecular formula is C20H35N5O2S. The van der Waals surface area contributed by atoms with Crippen molar-refractivity contribution in [2.45, 2.75) is 43.0 Å². The minimum atomic E-state index is -3.46. The highest BCUT2D eigenvalue weighted by Gasteiger charge is 2.36. The third-order valence-corrected chi connectivity index (χ3v) is 8.33. The van der Waals surface area contributed by atoms with Crippen LogP contribution in [0.4, 0.5) is 5.82 Å². The molecule has 1 aliphatic heterocycles. The number of pyridine rings is 1. The summed E-state index contributed by atoms with van der Waals surface area (Å²) >= 11 is 0. The van der Waals surface area contributed by atoms with Gasteiger partial charge in [-0.3, -0.25) is 0 Å². The third-order valence-electron chi connectivity index (χ3n) is 6.45. The molecule has 0 radical (unpaired) electrons. The zero-order chi connectivity index (χ0) is 20.4. The molecule has 3 rings (SSSR count). The van der Waals surface area contributed by atoms with Crippen LogP contribution >= 0.6 is 0 Å². The van der Waals surface area contributed by atoms with Crippen LogP contribution in [0, 0.1) is 5.92 Å². The predicted octanol–water partition coefficient (Wildman–Crippen LogP) is 1.94. The van der Waals surface area contributed by atoms with Gasteiger partial charge in [0.15, 0.2) is 0 Å². The molecule has 1 aliphatic carbocycles. The van der Waals surface area contributed by atoms with Crippen molar-refractivity contribution in [2.75, 3.05) is 59.2 Å². The zero-order valence-corrected chi connectivity index (χ0v) is 18.5. The highest BCUT2D eigenvalue weighted by Crippen LogP contribution is 2.35. The molecular weight excluding hydrogens is 374 g/mol. The quantitative estimate of drug-likeness (QED) is 0.774. The third kappa shape index (κ3) is 4.67. The molecule has 2 unspecified atom stereocenters. The topological polar surface area (TPSA) is 68.8 Å². The van der Waals surface area contributed by atoms with Crippen LogP contribution in [0.15, 0.2) is 23.2 Å². The molecule has 2 fully saturated rings. The molecule has 1 saturated heterocycles. The van der Waals surface area contributed by atoms with Crippen LogP contribution < -0.4 is 5.32 Å². The molecule has 2 heterocycles.